The van der Waals surface area contributed by atoms with Crippen LogP contribution in [0.15, 0.2) is 53.1 Å². The lowest BCUT2D eigenvalue weighted by atomic mass is 10.1. The van der Waals surface area contributed by atoms with Gasteiger partial charge >= 0.3 is 0 Å². The van der Waals surface area contributed by atoms with Crippen LogP contribution in [-0.4, -0.2) is 30.1 Å². The third-order valence-electron chi connectivity index (χ3n) is 4.64. The number of benzene rings is 2. The molecule has 0 aliphatic heterocycles. The number of amides is 1. The zero-order valence-electron chi connectivity index (χ0n) is 17.4. The Morgan fingerprint density at radius 1 is 1.10 bits per heavy atom. The fourth-order valence-electron chi connectivity index (χ4n) is 3.00. The van der Waals surface area contributed by atoms with Crippen LogP contribution in [0, 0.1) is 13.8 Å². The highest BCUT2D eigenvalue weighted by Crippen LogP contribution is 2.18. The molecule has 6 heteroatoms. The monoisotopic (exact) mass is 393 g/mol. The first kappa shape index (κ1) is 20.6. The van der Waals surface area contributed by atoms with Gasteiger partial charge in [-0.2, -0.15) is 0 Å². The first-order valence-electron chi connectivity index (χ1n) is 9.57. The van der Waals surface area contributed by atoms with Crippen LogP contribution >= 0.6 is 0 Å². The zero-order valence-corrected chi connectivity index (χ0v) is 17.4. The topological polar surface area (TPSA) is 67.6 Å². The number of nitrogens with zero attached hydrogens (tertiary/aromatic N) is 2. The van der Waals surface area contributed by atoms with E-state index in [1.807, 2.05) is 52.2 Å². The van der Waals surface area contributed by atoms with E-state index >= 15 is 0 Å². The van der Waals surface area contributed by atoms with E-state index in [2.05, 4.69) is 27.5 Å². The molecule has 0 aliphatic rings. The van der Waals surface area contributed by atoms with Crippen molar-refractivity contribution in [2.45, 2.75) is 33.5 Å². The third-order valence-corrected chi connectivity index (χ3v) is 4.64. The first-order chi connectivity index (χ1) is 13.9. The van der Waals surface area contributed by atoms with Crippen molar-refractivity contribution in [1.29, 1.82) is 0 Å². The highest BCUT2D eigenvalue weighted by molar-refractivity contribution is 5.94. The Bertz CT molecular complexity index is 942. The van der Waals surface area contributed by atoms with Gasteiger partial charge in [0.1, 0.15) is 18.1 Å². The number of aromatic nitrogens is 1. The summed E-state index contributed by atoms with van der Waals surface area (Å²) in [6.45, 7) is 5.46. The predicted octanol–water partition coefficient (Wildman–Crippen LogP) is 3.86. The van der Waals surface area contributed by atoms with E-state index in [0.29, 0.717) is 24.5 Å². The number of carbonyl (C=O) groups is 1. The average Bonchev–Trinajstić information content (AvgIpc) is 3.03. The molecule has 1 aromatic heterocycles. The van der Waals surface area contributed by atoms with Crippen molar-refractivity contribution in [3.05, 3.63) is 82.2 Å². The normalized spacial score (nSPS) is 10.9. The Morgan fingerprint density at radius 3 is 2.48 bits per heavy atom. The molecule has 0 aliphatic carbocycles. The van der Waals surface area contributed by atoms with Crippen molar-refractivity contribution >= 4 is 5.91 Å². The summed E-state index contributed by atoms with van der Waals surface area (Å²) in [5.74, 6) is 1.24. The maximum atomic E-state index is 12.5. The smallest absolute Gasteiger partial charge is 0.251 e. The summed E-state index contributed by atoms with van der Waals surface area (Å²) in [5, 5.41) is 6.89. The van der Waals surface area contributed by atoms with E-state index in [0.717, 1.165) is 29.1 Å². The molecule has 2 aromatic carbocycles. The van der Waals surface area contributed by atoms with Crippen molar-refractivity contribution in [1.82, 2.24) is 15.4 Å². The fraction of sp³-hybridized carbons (Fsp3) is 0.304. The van der Waals surface area contributed by atoms with Crippen molar-refractivity contribution in [2.24, 2.45) is 0 Å². The molecule has 0 radical (unpaired) electrons. The first-order valence-corrected chi connectivity index (χ1v) is 9.57. The van der Waals surface area contributed by atoms with E-state index in [1.165, 1.54) is 5.56 Å². The second kappa shape index (κ2) is 9.39. The molecule has 0 spiro atoms. The molecule has 1 heterocycles. The number of hydrogen-bond acceptors (Lipinski definition) is 5. The summed E-state index contributed by atoms with van der Waals surface area (Å²) in [7, 11) is 4.08. The minimum Gasteiger partial charge on any atom is -0.489 e. The van der Waals surface area contributed by atoms with Crippen molar-refractivity contribution < 1.29 is 14.1 Å². The Labute approximate surface area is 171 Å². The lowest BCUT2D eigenvalue weighted by molar-refractivity contribution is 0.0950. The average molecular weight is 393 g/mol. The number of rotatable bonds is 8. The summed E-state index contributed by atoms with van der Waals surface area (Å²) in [6, 6.07) is 15.4. The van der Waals surface area contributed by atoms with E-state index in [4.69, 9.17) is 9.26 Å². The van der Waals surface area contributed by atoms with Crippen LogP contribution in [0.2, 0.25) is 0 Å². The largest absolute Gasteiger partial charge is 0.489 e. The van der Waals surface area contributed by atoms with Crippen molar-refractivity contribution in [3.8, 4) is 5.75 Å². The van der Waals surface area contributed by atoms with E-state index in [9.17, 15) is 4.79 Å². The second-order valence-electron chi connectivity index (χ2n) is 7.36. The Morgan fingerprint density at radius 2 is 1.83 bits per heavy atom. The van der Waals surface area contributed by atoms with Gasteiger partial charge in [-0.25, -0.2) is 0 Å². The summed E-state index contributed by atoms with van der Waals surface area (Å²) < 4.78 is 11.0. The molecule has 29 heavy (non-hydrogen) atoms. The van der Waals surface area contributed by atoms with Gasteiger partial charge in [-0.1, -0.05) is 35.5 Å². The van der Waals surface area contributed by atoms with Crippen LogP contribution in [0.4, 0.5) is 0 Å². The number of carbonyl (C=O) groups excluding carboxylic acids is 1. The molecule has 1 N–H and O–H groups in total. The standard InChI is InChI=1S/C23H27N3O3/c1-16-22(17(2)29-25-16)15-28-21-7-5-6-20(12-21)23(27)24-13-18-8-10-19(11-9-18)14-26(3)4/h5-12H,13-15H2,1-4H3,(H,24,27). The van der Waals surface area contributed by atoms with Gasteiger partial charge in [-0.3, -0.25) is 4.79 Å². The van der Waals surface area contributed by atoms with Crippen molar-refractivity contribution in [3.63, 3.8) is 0 Å². The third kappa shape index (κ3) is 5.68. The minimum absolute atomic E-state index is 0.134. The highest BCUT2D eigenvalue weighted by Gasteiger charge is 2.11. The maximum Gasteiger partial charge on any atom is 0.251 e. The summed E-state index contributed by atoms with van der Waals surface area (Å²) in [4.78, 5) is 14.6. The summed E-state index contributed by atoms with van der Waals surface area (Å²) >= 11 is 0. The Kier molecular flexibility index (Phi) is 6.67. The van der Waals surface area contributed by atoms with E-state index in [1.54, 1.807) is 12.1 Å². The van der Waals surface area contributed by atoms with Gasteiger partial charge in [0.05, 0.1) is 11.3 Å². The van der Waals surface area contributed by atoms with Crippen LogP contribution in [0.5, 0.6) is 5.75 Å². The van der Waals surface area contributed by atoms with Crippen LogP contribution in [0.25, 0.3) is 0 Å². The lowest BCUT2D eigenvalue weighted by Gasteiger charge is -2.11. The molecule has 0 saturated carbocycles. The maximum absolute atomic E-state index is 12.5. The lowest BCUT2D eigenvalue weighted by Crippen LogP contribution is -2.22. The highest BCUT2D eigenvalue weighted by atomic mass is 16.5. The number of nitrogens with one attached hydrogen (secondary N) is 1. The van der Waals surface area contributed by atoms with Gasteiger partial charge in [0.2, 0.25) is 0 Å². The second-order valence-corrected chi connectivity index (χ2v) is 7.36. The van der Waals surface area contributed by atoms with Gasteiger partial charge < -0.3 is 19.5 Å². The van der Waals surface area contributed by atoms with Gasteiger partial charge in [0, 0.05) is 18.7 Å². The molecule has 3 aromatic rings. The molecule has 0 unspecified atom stereocenters. The fourth-order valence-corrected chi connectivity index (χ4v) is 3.00. The van der Waals surface area contributed by atoms with E-state index in [-0.39, 0.29) is 5.91 Å². The van der Waals surface area contributed by atoms with Gasteiger partial charge in [-0.05, 0) is 57.3 Å². The SMILES string of the molecule is Cc1noc(C)c1COc1cccc(C(=O)NCc2ccc(CN(C)C)cc2)c1. The molecule has 3 rings (SSSR count). The molecule has 0 bridgehead atoms. The van der Waals surface area contributed by atoms with E-state index < -0.39 is 0 Å². The molecule has 0 fully saturated rings. The molecule has 1 amide bonds. The van der Waals surface area contributed by atoms with Gasteiger partial charge in [0.25, 0.3) is 5.91 Å². The summed E-state index contributed by atoms with van der Waals surface area (Å²) in [6.07, 6.45) is 0. The molecule has 0 saturated heterocycles. The zero-order chi connectivity index (χ0) is 20.8. The van der Waals surface area contributed by atoms with Crippen LogP contribution in [0.3, 0.4) is 0 Å². The number of hydrogen-bond donors (Lipinski definition) is 1. The summed E-state index contributed by atoms with van der Waals surface area (Å²) in [5.41, 5.74) is 4.61. The van der Waals surface area contributed by atoms with Crippen LogP contribution < -0.4 is 10.1 Å². The molecule has 0 atom stereocenters. The molecule has 152 valence electrons. The predicted molar refractivity (Wildman–Crippen MR) is 112 cm³/mol. The van der Waals surface area contributed by atoms with Crippen LogP contribution in [0.1, 0.15) is 38.5 Å². The number of ether oxygens (including phenoxy) is 1. The van der Waals surface area contributed by atoms with Crippen molar-refractivity contribution in [2.75, 3.05) is 14.1 Å². The quantitative estimate of drug-likeness (QED) is 0.629. The molecular formula is C23H27N3O3. The molecular weight excluding hydrogens is 366 g/mol. The van der Waals surface area contributed by atoms with Gasteiger partial charge in [0.15, 0.2) is 0 Å². The number of aryl methyl sites for hydroxylation is 2. The molecule has 6 nitrogen and oxygen atoms in total. The van der Waals surface area contributed by atoms with Crippen LogP contribution in [-0.2, 0) is 19.7 Å². The Balaban J connectivity index is 1.56. The minimum atomic E-state index is -0.134. The van der Waals surface area contributed by atoms with Gasteiger partial charge in [-0.15, -0.1) is 0 Å². The Hall–Kier alpha value is -3.12.